The fraction of sp³-hybridized carbons (Fsp3) is 0.357. The summed E-state index contributed by atoms with van der Waals surface area (Å²) >= 11 is 3.48. The summed E-state index contributed by atoms with van der Waals surface area (Å²) in [5.41, 5.74) is 1.47. The van der Waals surface area contributed by atoms with E-state index in [9.17, 15) is 0 Å². The highest BCUT2D eigenvalue weighted by Crippen LogP contribution is 2.41. The van der Waals surface area contributed by atoms with Gasteiger partial charge in [0.15, 0.2) is 5.16 Å². The van der Waals surface area contributed by atoms with Gasteiger partial charge in [-0.1, -0.05) is 0 Å². The molecule has 3 heterocycles. The number of imidazole rings is 1. The van der Waals surface area contributed by atoms with Crippen LogP contribution in [0.25, 0.3) is 10.2 Å². The maximum absolute atomic E-state index is 4.67. The van der Waals surface area contributed by atoms with Gasteiger partial charge in [-0.2, -0.15) is 0 Å². The van der Waals surface area contributed by atoms with Crippen molar-refractivity contribution in [1.82, 2.24) is 19.5 Å². The second-order valence-corrected chi connectivity index (χ2v) is 7.08. The predicted molar refractivity (Wildman–Crippen MR) is 81.5 cm³/mol. The van der Waals surface area contributed by atoms with E-state index in [1.54, 1.807) is 11.8 Å². The summed E-state index contributed by atoms with van der Waals surface area (Å²) in [6, 6.07) is 0. The summed E-state index contributed by atoms with van der Waals surface area (Å²) in [6.07, 6.45) is 7.41. The third-order valence-electron chi connectivity index (χ3n) is 3.61. The van der Waals surface area contributed by atoms with Gasteiger partial charge in [0.2, 0.25) is 0 Å². The van der Waals surface area contributed by atoms with Crippen molar-refractivity contribution in [1.29, 1.82) is 0 Å². The molecule has 0 atom stereocenters. The van der Waals surface area contributed by atoms with E-state index in [4.69, 9.17) is 0 Å². The molecule has 1 aliphatic carbocycles. The van der Waals surface area contributed by atoms with Crippen molar-refractivity contribution in [2.75, 3.05) is 0 Å². The van der Waals surface area contributed by atoms with E-state index < -0.39 is 0 Å². The Labute approximate surface area is 125 Å². The lowest BCUT2D eigenvalue weighted by molar-refractivity contribution is 0.788. The Morgan fingerprint density at radius 2 is 2.20 bits per heavy atom. The summed E-state index contributed by atoms with van der Waals surface area (Å²) in [7, 11) is 2.01. The largest absolute Gasteiger partial charge is 0.329 e. The molecule has 4 rings (SSSR count). The van der Waals surface area contributed by atoms with E-state index in [1.807, 2.05) is 42.3 Å². The fourth-order valence-corrected chi connectivity index (χ4v) is 5.04. The molecule has 0 saturated heterocycles. The zero-order valence-corrected chi connectivity index (χ0v) is 13.0. The number of nitrogens with zero attached hydrogens (tertiary/aromatic N) is 4. The van der Waals surface area contributed by atoms with E-state index in [1.165, 1.54) is 28.7 Å². The first-order chi connectivity index (χ1) is 9.72. The minimum absolute atomic E-state index is 0.842. The molecule has 0 saturated carbocycles. The van der Waals surface area contributed by atoms with Crippen molar-refractivity contribution in [2.45, 2.75) is 36.4 Å². The highest BCUT2D eigenvalue weighted by atomic mass is 32.2. The molecule has 0 unspecified atom stereocenters. The summed E-state index contributed by atoms with van der Waals surface area (Å²) in [5, 5.41) is 3.30. The summed E-state index contributed by atoms with van der Waals surface area (Å²) in [4.78, 5) is 16.3. The van der Waals surface area contributed by atoms with Gasteiger partial charge in [-0.15, -0.1) is 11.3 Å². The molecule has 0 aromatic carbocycles. The molecule has 1 aliphatic rings. The van der Waals surface area contributed by atoms with Gasteiger partial charge in [0.1, 0.15) is 15.7 Å². The van der Waals surface area contributed by atoms with Crippen LogP contribution in [0.4, 0.5) is 0 Å². The molecular weight excluding hydrogens is 288 g/mol. The van der Waals surface area contributed by atoms with Crippen molar-refractivity contribution >= 4 is 33.3 Å². The first kappa shape index (κ1) is 12.3. The molecule has 6 heteroatoms. The molecule has 0 aliphatic heterocycles. The van der Waals surface area contributed by atoms with Crippen LogP contribution in [0.2, 0.25) is 0 Å². The minimum Gasteiger partial charge on any atom is -0.329 e. The number of hydrogen-bond donors (Lipinski definition) is 0. The second kappa shape index (κ2) is 4.56. The quantitative estimate of drug-likeness (QED) is 0.681. The normalized spacial score (nSPS) is 14.1. The first-order valence-electron chi connectivity index (χ1n) is 6.66. The number of hydrogen-bond acceptors (Lipinski definition) is 5. The van der Waals surface area contributed by atoms with Crippen LogP contribution < -0.4 is 0 Å². The second-order valence-electron chi connectivity index (χ2n) is 5.04. The number of aryl methyl sites for hydroxylation is 4. The molecule has 0 fully saturated rings. The summed E-state index contributed by atoms with van der Waals surface area (Å²) < 4.78 is 2.03. The Morgan fingerprint density at radius 3 is 3.00 bits per heavy atom. The molecule has 0 radical (unpaired) electrons. The van der Waals surface area contributed by atoms with Crippen molar-refractivity contribution in [3.8, 4) is 0 Å². The van der Waals surface area contributed by atoms with Crippen LogP contribution in [0, 0.1) is 6.92 Å². The first-order valence-corrected chi connectivity index (χ1v) is 8.30. The van der Waals surface area contributed by atoms with Crippen molar-refractivity contribution in [2.24, 2.45) is 7.05 Å². The van der Waals surface area contributed by atoms with Gasteiger partial charge in [0.05, 0.1) is 0 Å². The number of aromatic nitrogens is 4. The van der Waals surface area contributed by atoms with Gasteiger partial charge >= 0.3 is 0 Å². The zero-order chi connectivity index (χ0) is 13.7. The minimum atomic E-state index is 0.842. The van der Waals surface area contributed by atoms with Crippen LogP contribution in [0.15, 0.2) is 22.6 Å². The molecule has 4 nitrogen and oxygen atoms in total. The lowest BCUT2D eigenvalue weighted by Crippen LogP contribution is -1.94. The monoisotopic (exact) mass is 302 g/mol. The van der Waals surface area contributed by atoms with Gasteiger partial charge in [0, 0.05) is 29.7 Å². The Bertz CT molecular complexity index is 803. The highest BCUT2D eigenvalue weighted by Gasteiger charge is 2.22. The Hall–Kier alpha value is -1.40. The lowest BCUT2D eigenvalue weighted by Gasteiger charge is -2.05. The van der Waals surface area contributed by atoms with Crippen LogP contribution in [0.3, 0.4) is 0 Å². The molecule has 20 heavy (non-hydrogen) atoms. The van der Waals surface area contributed by atoms with Crippen LogP contribution in [0.5, 0.6) is 0 Å². The predicted octanol–water partition coefficient (Wildman–Crippen LogP) is 3.37. The molecule has 0 spiro atoms. The van der Waals surface area contributed by atoms with Gasteiger partial charge in [-0.05, 0) is 43.5 Å². The third kappa shape index (κ3) is 1.86. The Kier molecular flexibility index (Phi) is 2.82. The van der Waals surface area contributed by atoms with Gasteiger partial charge in [-0.3, -0.25) is 0 Å². The average molecular weight is 302 g/mol. The molecule has 0 bridgehead atoms. The fourth-order valence-electron chi connectivity index (χ4n) is 2.67. The molecule has 0 amide bonds. The third-order valence-corrected chi connectivity index (χ3v) is 5.86. The van der Waals surface area contributed by atoms with Crippen molar-refractivity contribution < 1.29 is 0 Å². The summed E-state index contributed by atoms with van der Waals surface area (Å²) in [5.74, 6) is 0.842. The van der Waals surface area contributed by atoms with Gasteiger partial charge < -0.3 is 4.57 Å². The van der Waals surface area contributed by atoms with Gasteiger partial charge in [-0.25, -0.2) is 15.0 Å². The Balaban J connectivity index is 1.91. The molecule has 3 aromatic rings. The average Bonchev–Trinajstić information content (AvgIpc) is 3.05. The van der Waals surface area contributed by atoms with E-state index in [0.29, 0.717) is 0 Å². The topological polar surface area (TPSA) is 43.6 Å². The number of fused-ring (bicyclic) bond motifs is 3. The van der Waals surface area contributed by atoms with E-state index in [2.05, 4.69) is 15.0 Å². The zero-order valence-electron chi connectivity index (χ0n) is 11.4. The molecular formula is C14H14N4S2. The van der Waals surface area contributed by atoms with Gasteiger partial charge in [0.25, 0.3) is 0 Å². The molecule has 102 valence electrons. The number of rotatable bonds is 2. The van der Waals surface area contributed by atoms with Crippen LogP contribution in [0.1, 0.15) is 22.7 Å². The van der Waals surface area contributed by atoms with Crippen LogP contribution in [-0.4, -0.2) is 19.5 Å². The molecule has 0 N–H and O–H groups in total. The van der Waals surface area contributed by atoms with Crippen LogP contribution in [-0.2, 0) is 19.9 Å². The van der Waals surface area contributed by atoms with E-state index >= 15 is 0 Å². The summed E-state index contributed by atoms with van der Waals surface area (Å²) in [6.45, 7) is 1.97. The maximum atomic E-state index is 4.67. The maximum Gasteiger partial charge on any atom is 0.174 e. The SMILES string of the molecule is Cc1nc(Sc2nccn2C)c2c3c(sc2n1)CCC3. The van der Waals surface area contributed by atoms with Crippen molar-refractivity contribution in [3.63, 3.8) is 0 Å². The molecule has 3 aromatic heterocycles. The van der Waals surface area contributed by atoms with E-state index in [0.717, 1.165) is 27.3 Å². The Morgan fingerprint density at radius 1 is 1.30 bits per heavy atom. The lowest BCUT2D eigenvalue weighted by atomic mass is 10.2. The van der Waals surface area contributed by atoms with Crippen LogP contribution >= 0.6 is 23.1 Å². The number of thiophene rings is 1. The highest BCUT2D eigenvalue weighted by molar-refractivity contribution is 7.99. The van der Waals surface area contributed by atoms with Crippen molar-refractivity contribution in [3.05, 3.63) is 28.7 Å². The smallest absolute Gasteiger partial charge is 0.174 e. The standard InChI is InChI=1S/C14H14N4S2/c1-8-16-12-11(9-4-3-5-10(9)19-12)13(17-8)20-14-15-6-7-18(14)2/h6-7H,3-5H2,1-2H3. The van der Waals surface area contributed by atoms with E-state index in [-0.39, 0.29) is 0 Å².